The minimum absolute atomic E-state index is 0.211. The molecule has 0 spiro atoms. The second-order valence-electron chi connectivity index (χ2n) is 6.27. The molecule has 0 saturated heterocycles. The number of hydrogen-bond acceptors (Lipinski definition) is 5. The number of benzene rings is 2. The van der Waals surface area contributed by atoms with Gasteiger partial charge in [-0.15, -0.1) is 0 Å². The molecule has 3 rings (SSSR count). The Kier molecular flexibility index (Phi) is 6.42. The highest BCUT2D eigenvalue weighted by molar-refractivity contribution is 6.03. The molecule has 0 aliphatic rings. The van der Waals surface area contributed by atoms with Crippen LogP contribution >= 0.6 is 0 Å². The smallest absolute Gasteiger partial charge is 0.291 e. The maximum atomic E-state index is 12.1. The molecule has 3 aromatic rings. The van der Waals surface area contributed by atoms with Crippen molar-refractivity contribution in [3.8, 4) is 5.75 Å². The summed E-state index contributed by atoms with van der Waals surface area (Å²) < 4.78 is 10.2. The van der Waals surface area contributed by atoms with Gasteiger partial charge in [0.25, 0.3) is 5.91 Å². The zero-order chi connectivity index (χ0) is 20.6. The molecule has 29 heavy (non-hydrogen) atoms. The normalized spacial score (nSPS) is 11.0. The molecule has 0 bridgehead atoms. The fourth-order valence-corrected chi connectivity index (χ4v) is 2.57. The zero-order valence-electron chi connectivity index (χ0n) is 16.1. The third-order valence-corrected chi connectivity index (χ3v) is 4.18. The molecule has 2 amide bonds. The number of nitrogens with one attached hydrogen (secondary N) is 2. The van der Waals surface area contributed by atoms with Crippen LogP contribution in [0.15, 0.2) is 76.4 Å². The van der Waals surface area contributed by atoms with Gasteiger partial charge in [-0.05, 0) is 54.4 Å². The van der Waals surface area contributed by atoms with Gasteiger partial charge >= 0.3 is 0 Å². The number of rotatable bonds is 7. The molecule has 7 nitrogen and oxygen atoms in total. The molecule has 1 aromatic heterocycles. The van der Waals surface area contributed by atoms with E-state index in [-0.39, 0.29) is 24.0 Å². The molecule has 0 aliphatic carbocycles. The van der Waals surface area contributed by atoms with Gasteiger partial charge < -0.3 is 14.5 Å². The van der Waals surface area contributed by atoms with E-state index in [4.69, 9.17) is 9.15 Å². The predicted molar refractivity (Wildman–Crippen MR) is 110 cm³/mol. The Balaban J connectivity index is 1.54. The van der Waals surface area contributed by atoms with Crippen LogP contribution < -0.4 is 15.5 Å². The Hall–Kier alpha value is -3.87. The van der Waals surface area contributed by atoms with Crippen molar-refractivity contribution in [2.45, 2.75) is 13.3 Å². The number of hydrazone groups is 1. The maximum Gasteiger partial charge on any atom is 0.291 e. The van der Waals surface area contributed by atoms with Gasteiger partial charge in [0.05, 0.1) is 25.5 Å². The van der Waals surface area contributed by atoms with Gasteiger partial charge in [-0.25, -0.2) is 5.43 Å². The number of methoxy groups -OCH3 is 1. The standard InChI is InChI=1S/C22H21N3O4/c1-15(24-25-21(26)14-16-5-11-19(28-2)12-6-16)17-7-9-18(10-8-17)23-22(27)20-4-3-13-29-20/h3-13H,14H2,1-2H3,(H,23,27)(H,25,26). The second kappa shape index (κ2) is 9.36. The number of carbonyl (C=O) groups excluding carboxylic acids is 2. The molecule has 0 atom stereocenters. The number of furan rings is 1. The molecule has 7 heteroatoms. The number of carbonyl (C=O) groups is 2. The first-order chi connectivity index (χ1) is 14.0. The van der Waals surface area contributed by atoms with Gasteiger partial charge in [0.15, 0.2) is 5.76 Å². The molecular weight excluding hydrogens is 370 g/mol. The monoisotopic (exact) mass is 391 g/mol. The van der Waals surface area contributed by atoms with E-state index < -0.39 is 0 Å². The first-order valence-electron chi connectivity index (χ1n) is 8.96. The molecule has 148 valence electrons. The molecule has 0 radical (unpaired) electrons. The summed E-state index contributed by atoms with van der Waals surface area (Å²) in [5.41, 5.74) is 5.53. The zero-order valence-corrected chi connectivity index (χ0v) is 16.1. The van der Waals surface area contributed by atoms with Crippen molar-refractivity contribution in [3.63, 3.8) is 0 Å². The van der Waals surface area contributed by atoms with Crippen LogP contribution in [0.1, 0.15) is 28.6 Å². The van der Waals surface area contributed by atoms with E-state index in [9.17, 15) is 9.59 Å². The summed E-state index contributed by atoms with van der Waals surface area (Å²) in [6.07, 6.45) is 1.67. The minimum atomic E-state index is -0.320. The van der Waals surface area contributed by atoms with Gasteiger partial charge in [-0.3, -0.25) is 9.59 Å². The Morgan fingerprint density at radius 1 is 1.03 bits per heavy atom. The van der Waals surface area contributed by atoms with Crippen molar-refractivity contribution < 1.29 is 18.7 Å². The minimum Gasteiger partial charge on any atom is -0.497 e. The molecule has 2 N–H and O–H groups in total. The quantitative estimate of drug-likeness (QED) is 0.475. The molecule has 0 unspecified atom stereocenters. The SMILES string of the molecule is COc1ccc(CC(=O)NN=C(C)c2ccc(NC(=O)c3ccco3)cc2)cc1. The average Bonchev–Trinajstić information content (AvgIpc) is 3.28. The van der Waals surface area contributed by atoms with E-state index in [1.54, 1.807) is 38.3 Å². The molecule has 2 aromatic carbocycles. The lowest BCUT2D eigenvalue weighted by atomic mass is 10.1. The van der Waals surface area contributed by atoms with E-state index in [1.165, 1.54) is 6.26 Å². The predicted octanol–water partition coefficient (Wildman–Crippen LogP) is 3.62. The van der Waals surface area contributed by atoms with Gasteiger partial charge in [0, 0.05) is 5.69 Å². The number of nitrogens with zero attached hydrogens (tertiary/aromatic N) is 1. The van der Waals surface area contributed by atoms with Crippen molar-refractivity contribution >= 4 is 23.2 Å². The summed E-state index contributed by atoms with van der Waals surface area (Å²) in [6.45, 7) is 1.80. The second-order valence-corrected chi connectivity index (χ2v) is 6.27. The van der Waals surface area contributed by atoms with Crippen LogP contribution in [0.3, 0.4) is 0 Å². The van der Waals surface area contributed by atoms with E-state index in [0.717, 1.165) is 16.9 Å². The summed E-state index contributed by atoms with van der Waals surface area (Å²) in [4.78, 5) is 24.1. The van der Waals surface area contributed by atoms with Gasteiger partial charge in [-0.1, -0.05) is 24.3 Å². The highest BCUT2D eigenvalue weighted by Crippen LogP contribution is 2.13. The van der Waals surface area contributed by atoms with Crippen molar-refractivity contribution in [2.24, 2.45) is 5.10 Å². The van der Waals surface area contributed by atoms with Crippen molar-refractivity contribution in [1.29, 1.82) is 0 Å². The van der Waals surface area contributed by atoms with Gasteiger partial charge in [-0.2, -0.15) is 5.10 Å². The topological polar surface area (TPSA) is 92.9 Å². The van der Waals surface area contributed by atoms with Crippen LogP contribution in [0, 0.1) is 0 Å². The lowest BCUT2D eigenvalue weighted by molar-refractivity contribution is -0.120. The summed E-state index contributed by atoms with van der Waals surface area (Å²) in [7, 11) is 1.60. The van der Waals surface area contributed by atoms with E-state index >= 15 is 0 Å². The highest BCUT2D eigenvalue weighted by atomic mass is 16.5. The molecular formula is C22H21N3O4. The summed E-state index contributed by atoms with van der Waals surface area (Å²) in [5, 5.41) is 6.89. The lowest BCUT2D eigenvalue weighted by Crippen LogP contribution is -2.21. The van der Waals surface area contributed by atoms with Crippen LogP contribution in [-0.4, -0.2) is 24.6 Å². The Labute approximate surface area is 168 Å². The number of hydrogen-bond donors (Lipinski definition) is 2. The third kappa shape index (κ3) is 5.55. The first kappa shape index (κ1) is 19.9. The Morgan fingerprint density at radius 3 is 2.38 bits per heavy atom. The largest absolute Gasteiger partial charge is 0.497 e. The van der Waals surface area contributed by atoms with Crippen LogP contribution in [0.25, 0.3) is 0 Å². The average molecular weight is 391 g/mol. The Bertz CT molecular complexity index is 992. The van der Waals surface area contributed by atoms with Gasteiger partial charge in [0.2, 0.25) is 5.91 Å². The summed E-state index contributed by atoms with van der Waals surface area (Å²) in [5.74, 6) is 0.453. The number of ether oxygens (including phenoxy) is 1. The maximum absolute atomic E-state index is 12.1. The Morgan fingerprint density at radius 2 is 1.76 bits per heavy atom. The summed E-state index contributed by atoms with van der Waals surface area (Å²) in [6, 6.07) is 17.7. The molecule has 0 saturated carbocycles. The molecule has 0 aliphatic heterocycles. The molecule has 0 fully saturated rings. The third-order valence-electron chi connectivity index (χ3n) is 4.18. The molecule has 1 heterocycles. The van der Waals surface area contributed by atoms with Crippen LogP contribution in [-0.2, 0) is 11.2 Å². The number of anilines is 1. The van der Waals surface area contributed by atoms with Gasteiger partial charge in [0.1, 0.15) is 5.75 Å². The van der Waals surface area contributed by atoms with Crippen molar-refractivity contribution in [1.82, 2.24) is 5.43 Å². The van der Waals surface area contributed by atoms with E-state index in [0.29, 0.717) is 11.4 Å². The number of amides is 2. The van der Waals surface area contributed by atoms with Crippen molar-refractivity contribution in [2.75, 3.05) is 12.4 Å². The van der Waals surface area contributed by atoms with Crippen LogP contribution in [0.4, 0.5) is 5.69 Å². The van der Waals surface area contributed by atoms with Crippen molar-refractivity contribution in [3.05, 3.63) is 83.8 Å². The van der Waals surface area contributed by atoms with E-state index in [2.05, 4.69) is 15.8 Å². The van der Waals surface area contributed by atoms with Crippen LogP contribution in [0.2, 0.25) is 0 Å². The first-order valence-corrected chi connectivity index (χ1v) is 8.96. The van der Waals surface area contributed by atoms with Crippen LogP contribution in [0.5, 0.6) is 5.75 Å². The highest BCUT2D eigenvalue weighted by Gasteiger charge is 2.09. The fraction of sp³-hybridized carbons (Fsp3) is 0.136. The van der Waals surface area contributed by atoms with E-state index in [1.807, 2.05) is 36.4 Å². The fourth-order valence-electron chi connectivity index (χ4n) is 2.57. The summed E-state index contributed by atoms with van der Waals surface area (Å²) >= 11 is 0. The lowest BCUT2D eigenvalue weighted by Gasteiger charge is -2.06.